The van der Waals surface area contributed by atoms with Gasteiger partial charge in [0.15, 0.2) is 16.8 Å². The summed E-state index contributed by atoms with van der Waals surface area (Å²) in [5, 5.41) is 8.78. The molecule has 1 unspecified atom stereocenters. The van der Waals surface area contributed by atoms with Crippen molar-refractivity contribution in [3.63, 3.8) is 0 Å². The number of Topliss-reactive ketones (excluding diaryl/α,β-unsaturated/α-hetero) is 1. The summed E-state index contributed by atoms with van der Waals surface area (Å²) >= 11 is 1.13. The van der Waals surface area contributed by atoms with Crippen molar-refractivity contribution in [2.75, 3.05) is 12.4 Å². The van der Waals surface area contributed by atoms with Gasteiger partial charge >= 0.3 is 6.18 Å². The molecule has 198 valence electrons. The molecule has 0 bridgehead atoms. The van der Waals surface area contributed by atoms with Gasteiger partial charge in [-0.3, -0.25) is 14.3 Å². The number of carbonyl (C=O) groups excluding carboxylic acids is 1. The zero-order valence-electron chi connectivity index (χ0n) is 20.9. The average Bonchev–Trinajstić information content (AvgIpc) is 3.64. The molecule has 0 N–H and O–H groups in total. The Balaban J connectivity index is 1.43. The first kappa shape index (κ1) is 26.2. The Hall–Kier alpha value is -3.44. The molecule has 1 aliphatic heterocycles. The Labute approximate surface area is 222 Å². The van der Waals surface area contributed by atoms with Gasteiger partial charge in [0.05, 0.1) is 23.1 Å². The maximum Gasteiger partial charge on any atom is 0.416 e. The van der Waals surface area contributed by atoms with Crippen molar-refractivity contribution in [2.24, 2.45) is 0 Å². The topological polar surface area (TPSA) is 74.8 Å². The number of ketones is 1. The molecule has 1 atom stereocenters. The van der Waals surface area contributed by atoms with E-state index < -0.39 is 11.7 Å². The molecule has 11 heteroatoms. The van der Waals surface area contributed by atoms with E-state index in [2.05, 4.69) is 19.7 Å². The van der Waals surface area contributed by atoms with E-state index in [9.17, 15) is 18.0 Å². The van der Waals surface area contributed by atoms with E-state index in [0.29, 0.717) is 28.7 Å². The Kier molecular flexibility index (Phi) is 7.40. The highest BCUT2D eigenvalue weighted by molar-refractivity contribution is 7.99. The molecule has 0 saturated carbocycles. The Bertz CT molecular complexity index is 1440. The van der Waals surface area contributed by atoms with Crippen molar-refractivity contribution in [3.8, 4) is 17.1 Å². The molecule has 1 aliphatic rings. The zero-order chi connectivity index (χ0) is 26.9. The van der Waals surface area contributed by atoms with Gasteiger partial charge in [-0.25, -0.2) is 0 Å². The number of alkyl halides is 3. The molecule has 0 radical (unpaired) electrons. The van der Waals surface area contributed by atoms with Crippen LogP contribution in [0.15, 0.2) is 60.0 Å². The van der Waals surface area contributed by atoms with Crippen molar-refractivity contribution in [2.45, 2.75) is 50.7 Å². The number of hydrogen-bond acceptors (Lipinski definition) is 6. The SMILES string of the molecule is Cc1cc(C(=O)CSc2nnc(-c3cccnc3)n2-c2cccc(C(F)(F)F)c2)c(C)n1CC1CCCO1. The third-order valence-electron chi connectivity index (χ3n) is 6.60. The number of hydrogen-bond donors (Lipinski definition) is 0. The van der Waals surface area contributed by atoms with Gasteiger partial charge in [-0.1, -0.05) is 17.8 Å². The van der Waals surface area contributed by atoms with Gasteiger partial charge in [-0.15, -0.1) is 10.2 Å². The summed E-state index contributed by atoms with van der Waals surface area (Å²) in [6.07, 6.45) is 0.845. The lowest BCUT2D eigenvalue weighted by Crippen LogP contribution is -2.17. The number of aromatic nitrogens is 5. The minimum absolute atomic E-state index is 0.0500. The van der Waals surface area contributed by atoms with Gasteiger partial charge in [-0.05, 0) is 63.1 Å². The van der Waals surface area contributed by atoms with E-state index in [-0.39, 0.29) is 23.3 Å². The number of ether oxygens (including phenoxy) is 1. The molecule has 7 nitrogen and oxygen atoms in total. The minimum atomic E-state index is -4.51. The van der Waals surface area contributed by atoms with Crippen LogP contribution in [0.4, 0.5) is 13.2 Å². The fraction of sp³-hybridized carbons (Fsp3) is 0.333. The summed E-state index contributed by atoms with van der Waals surface area (Å²) in [5.74, 6) is 0.291. The van der Waals surface area contributed by atoms with Crippen LogP contribution in [0.1, 0.15) is 40.2 Å². The number of nitrogens with zero attached hydrogens (tertiary/aromatic N) is 5. The lowest BCUT2D eigenvalue weighted by Gasteiger charge is -2.15. The summed E-state index contributed by atoms with van der Waals surface area (Å²) in [5.41, 5.74) is 2.52. The molecular weight excluding hydrogens is 515 g/mol. The Morgan fingerprint density at radius 2 is 2.00 bits per heavy atom. The summed E-state index contributed by atoms with van der Waals surface area (Å²) < 4.78 is 49.8. The predicted molar refractivity (Wildman–Crippen MR) is 138 cm³/mol. The van der Waals surface area contributed by atoms with E-state index in [1.54, 1.807) is 30.6 Å². The van der Waals surface area contributed by atoms with E-state index >= 15 is 0 Å². The maximum absolute atomic E-state index is 13.5. The molecule has 0 aliphatic carbocycles. The predicted octanol–water partition coefficient (Wildman–Crippen LogP) is 5.92. The van der Waals surface area contributed by atoms with Crippen LogP contribution in [0.5, 0.6) is 0 Å². The molecule has 38 heavy (non-hydrogen) atoms. The molecule has 3 aromatic heterocycles. The van der Waals surface area contributed by atoms with Crippen molar-refractivity contribution in [3.05, 3.63) is 77.4 Å². The number of aryl methyl sites for hydroxylation is 1. The highest BCUT2D eigenvalue weighted by Gasteiger charge is 2.31. The summed E-state index contributed by atoms with van der Waals surface area (Å²) in [4.78, 5) is 17.4. The quantitative estimate of drug-likeness (QED) is 0.204. The Morgan fingerprint density at radius 1 is 1.16 bits per heavy atom. The number of thioether (sulfide) groups is 1. The smallest absolute Gasteiger partial charge is 0.376 e. The molecule has 5 rings (SSSR count). The molecule has 0 spiro atoms. The Morgan fingerprint density at radius 3 is 2.71 bits per heavy atom. The molecule has 0 amide bonds. The number of pyridine rings is 1. The van der Waals surface area contributed by atoms with Crippen LogP contribution < -0.4 is 0 Å². The van der Waals surface area contributed by atoms with Gasteiger partial charge in [0.1, 0.15) is 0 Å². The third kappa shape index (κ3) is 5.39. The third-order valence-corrected chi connectivity index (χ3v) is 7.53. The van der Waals surface area contributed by atoms with E-state index in [1.165, 1.54) is 10.6 Å². The van der Waals surface area contributed by atoms with Crippen LogP contribution in [0.3, 0.4) is 0 Å². The molecule has 4 aromatic rings. The number of carbonyl (C=O) groups is 1. The van der Waals surface area contributed by atoms with Crippen molar-refractivity contribution < 1.29 is 22.7 Å². The standard InChI is InChI=1S/C27H26F3N5O2S/c1-17-12-23(18(2)34(17)15-22-9-5-11-37-22)24(36)16-38-26-33-32-25(19-6-4-10-31-14-19)35(26)21-8-3-7-20(13-21)27(28,29)30/h3-4,6-8,10,12-14,22H,5,9,11,15-16H2,1-2H3. The lowest BCUT2D eigenvalue weighted by atomic mass is 10.2. The fourth-order valence-electron chi connectivity index (χ4n) is 4.66. The zero-order valence-corrected chi connectivity index (χ0v) is 21.7. The van der Waals surface area contributed by atoms with E-state index in [1.807, 2.05) is 19.9 Å². The van der Waals surface area contributed by atoms with Gasteiger partial charge in [0.2, 0.25) is 0 Å². The number of rotatable bonds is 8. The second-order valence-electron chi connectivity index (χ2n) is 9.17. The first-order valence-corrected chi connectivity index (χ1v) is 13.2. The molecule has 1 saturated heterocycles. The van der Waals surface area contributed by atoms with Gasteiger partial charge < -0.3 is 9.30 Å². The first-order valence-electron chi connectivity index (χ1n) is 12.2. The summed E-state index contributed by atoms with van der Waals surface area (Å²) in [7, 11) is 0. The average molecular weight is 542 g/mol. The van der Waals surface area contributed by atoms with E-state index in [0.717, 1.165) is 54.7 Å². The summed E-state index contributed by atoms with van der Waals surface area (Å²) in [6, 6.07) is 10.3. The molecular formula is C27H26F3N5O2S. The molecule has 4 heterocycles. The van der Waals surface area contributed by atoms with Gasteiger partial charge in [0, 0.05) is 48.1 Å². The van der Waals surface area contributed by atoms with Gasteiger partial charge in [-0.2, -0.15) is 13.2 Å². The number of benzene rings is 1. The molecule has 1 fully saturated rings. The van der Waals surface area contributed by atoms with Crippen LogP contribution in [0.2, 0.25) is 0 Å². The molecule has 1 aromatic carbocycles. The largest absolute Gasteiger partial charge is 0.416 e. The van der Waals surface area contributed by atoms with Crippen LogP contribution in [0.25, 0.3) is 17.1 Å². The second-order valence-corrected chi connectivity index (χ2v) is 10.1. The van der Waals surface area contributed by atoms with Crippen LogP contribution >= 0.6 is 11.8 Å². The lowest BCUT2D eigenvalue weighted by molar-refractivity contribution is -0.137. The van der Waals surface area contributed by atoms with Crippen molar-refractivity contribution in [1.82, 2.24) is 24.3 Å². The van der Waals surface area contributed by atoms with Crippen LogP contribution in [0, 0.1) is 13.8 Å². The minimum Gasteiger partial charge on any atom is -0.376 e. The first-order chi connectivity index (χ1) is 18.2. The maximum atomic E-state index is 13.5. The van der Waals surface area contributed by atoms with Crippen LogP contribution in [-0.4, -0.2) is 48.6 Å². The highest BCUT2D eigenvalue weighted by atomic mass is 32.2. The van der Waals surface area contributed by atoms with Crippen molar-refractivity contribution >= 4 is 17.5 Å². The fourth-order valence-corrected chi connectivity index (χ4v) is 5.50. The van der Waals surface area contributed by atoms with E-state index in [4.69, 9.17) is 4.74 Å². The number of halogens is 3. The van der Waals surface area contributed by atoms with Crippen LogP contribution in [-0.2, 0) is 17.5 Å². The normalized spacial score (nSPS) is 15.8. The van der Waals surface area contributed by atoms with Gasteiger partial charge in [0.25, 0.3) is 0 Å². The summed E-state index contributed by atoms with van der Waals surface area (Å²) in [6.45, 7) is 5.36. The highest BCUT2D eigenvalue weighted by Crippen LogP contribution is 2.33. The monoisotopic (exact) mass is 541 g/mol. The van der Waals surface area contributed by atoms with Crippen molar-refractivity contribution in [1.29, 1.82) is 0 Å². The second kappa shape index (κ2) is 10.7.